The lowest BCUT2D eigenvalue weighted by atomic mass is 10.2. The second kappa shape index (κ2) is 5.72. The maximum absolute atomic E-state index is 12.2. The zero-order chi connectivity index (χ0) is 14.8. The first-order valence-corrected chi connectivity index (χ1v) is 7.01. The summed E-state index contributed by atoms with van der Waals surface area (Å²) in [6, 6.07) is 16.0. The molecule has 0 spiro atoms. The van der Waals surface area contributed by atoms with Gasteiger partial charge in [0.25, 0.3) is 5.91 Å². The van der Waals surface area contributed by atoms with Crippen molar-refractivity contribution in [1.29, 1.82) is 0 Å². The van der Waals surface area contributed by atoms with Gasteiger partial charge in [-0.2, -0.15) is 0 Å². The van der Waals surface area contributed by atoms with Crippen molar-refractivity contribution in [3.05, 3.63) is 70.3 Å². The molecule has 3 rings (SSSR count). The Hall–Kier alpha value is -2.10. The van der Waals surface area contributed by atoms with Crippen molar-refractivity contribution < 1.29 is 4.79 Å². The summed E-state index contributed by atoms with van der Waals surface area (Å²) in [6.45, 7) is 0. The molecule has 2 aromatic carbocycles. The van der Waals surface area contributed by atoms with Gasteiger partial charge in [-0.25, -0.2) is 4.98 Å². The molecule has 0 aliphatic rings. The van der Waals surface area contributed by atoms with Crippen LogP contribution in [0.5, 0.6) is 0 Å². The van der Waals surface area contributed by atoms with E-state index < -0.39 is 0 Å². The van der Waals surface area contributed by atoms with E-state index in [1.54, 1.807) is 24.3 Å². The number of anilines is 1. The van der Waals surface area contributed by atoms with Crippen molar-refractivity contribution in [2.45, 2.75) is 0 Å². The number of benzene rings is 2. The van der Waals surface area contributed by atoms with E-state index in [0.29, 0.717) is 21.4 Å². The highest BCUT2D eigenvalue weighted by molar-refractivity contribution is 6.35. The molecule has 0 atom stereocenters. The lowest BCUT2D eigenvalue weighted by Gasteiger charge is -2.08. The van der Waals surface area contributed by atoms with Gasteiger partial charge in [-0.1, -0.05) is 47.5 Å². The van der Waals surface area contributed by atoms with Gasteiger partial charge in [-0.3, -0.25) is 4.79 Å². The highest BCUT2D eigenvalue weighted by Crippen LogP contribution is 2.25. The predicted molar refractivity (Wildman–Crippen MR) is 86.2 cm³/mol. The maximum Gasteiger partial charge on any atom is 0.274 e. The Morgan fingerprint density at radius 2 is 1.81 bits per heavy atom. The third-order valence-corrected chi connectivity index (χ3v) is 3.57. The van der Waals surface area contributed by atoms with Gasteiger partial charge in [0.05, 0.1) is 16.2 Å². The Balaban J connectivity index is 1.91. The van der Waals surface area contributed by atoms with Crippen molar-refractivity contribution in [1.82, 2.24) is 4.98 Å². The van der Waals surface area contributed by atoms with Gasteiger partial charge in [0.15, 0.2) is 0 Å². The van der Waals surface area contributed by atoms with Crippen molar-refractivity contribution >= 4 is 45.7 Å². The first-order chi connectivity index (χ1) is 10.1. The monoisotopic (exact) mass is 316 g/mol. The standard InChI is InChI=1S/C16H10Cl2N2O/c17-11-6-7-12(18)15(9-11)20-16(21)14-8-5-10-3-1-2-4-13(10)19-14/h1-9H,(H,20,21). The van der Waals surface area contributed by atoms with E-state index in [9.17, 15) is 4.79 Å². The van der Waals surface area contributed by atoms with Crippen LogP contribution < -0.4 is 5.32 Å². The molecule has 0 unspecified atom stereocenters. The summed E-state index contributed by atoms with van der Waals surface area (Å²) in [5, 5.41) is 4.62. The van der Waals surface area contributed by atoms with Crippen molar-refractivity contribution in [2.75, 3.05) is 5.32 Å². The molecule has 0 saturated carbocycles. The van der Waals surface area contributed by atoms with Gasteiger partial charge >= 0.3 is 0 Å². The Morgan fingerprint density at radius 3 is 2.67 bits per heavy atom. The predicted octanol–water partition coefficient (Wildman–Crippen LogP) is 4.79. The molecule has 5 heteroatoms. The van der Waals surface area contributed by atoms with Crippen molar-refractivity contribution in [3.63, 3.8) is 0 Å². The number of nitrogens with one attached hydrogen (secondary N) is 1. The van der Waals surface area contributed by atoms with Crippen LogP contribution in [-0.2, 0) is 0 Å². The van der Waals surface area contributed by atoms with E-state index in [4.69, 9.17) is 23.2 Å². The minimum Gasteiger partial charge on any atom is -0.319 e. The summed E-state index contributed by atoms with van der Waals surface area (Å²) < 4.78 is 0. The number of carbonyl (C=O) groups excluding carboxylic acids is 1. The number of aromatic nitrogens is 1. The molecule has 1 aromatic heterocycles. The molecule has 0 fully saturated rings. The second-order valence-electron chi connectivity index (χ2n) is 4.47. The molecule has 0 aliphatic heterocycles. The minimum atomic E-state index is -0.329. The fraction of sp³-hybridized carbons (Fsp3) is 0. The number of hydrogen-bond donors (Lipinski definition) is 1. The number of pyridine rings is 1. The fourth-order valence-electron chi connectivity index (χ4n) is 1.97. The van der Waals surface area contributed by atoms with E-state index in [-0.39, 0.29) is 5.91 Å². The molecule has 21 heavy (non-hydrogen) atoms. The summed E-state index contributed by atoms with van der Waals surface area (Å²) in [5.41, 5.74) is 1.55. The number of halogens is 2. The molecule has 0 radical (unpaired) electrons. The summed E-state index contributed by atoms with van der Waals surface area (Å²) in [7, 11) is 0. The molecule has 3 nitrogen and oxygen atoms in total. The molecular weight excluding hydrogens is 307 g/mol. The number of carbonyl (C=O) groups is 1. The first-order valence-electron chi connectivity index (χ1n) is 6.26. The average molecular weight is 317 g/mol. The normalized spacial score (nSPS) is 10.6. The molecule has 104 valence electrons. The van der Waals surface area contributed by atoms with E-state index in [0.717, 1.165) is 10.9 Å². The van der Waals surface area contributed by atoms with Crippen LogP contribution in [0.4, 0.5) is 5.69 Å². The van der Waals surface area contributed by atoms with Gasteiger partial charge < -0.3 is 5.32 Å². The van der Waals surface area contributed by atoms with Crippen molar-refractivity contribution in [2.24, 2.45) is 0 Å². The van der Waals surface area contributed by atoms with E-state index >= 15 is 0 Å². The van der Waals surface area contributed by atoms with Crippen molar-refractivity contribution in [3.8, 4) is 0 Å². The fourth-order valence-corrected chi connectivity index (χ4v) is 2.31. The van der Waals surface area contributed by atoms with Crippen LogP contribution in [0.1, 0.15) is 10.5 Å². The zero-order valence-electron chi connectivity index (χ0n) is 10.8. The number of hydrogen-bond acceptors (Lipinski definition) is 2. The minimum absolute atomic E-state index is 0.324. The third kappa shape index (κ3) is 2.99. The lowest BCUT2D eigenvalue weighted by Crippen LogP contribution is -2.13. The van der Waals surface area contributed by atoms with E-state index in [1.165, 1.54) is 0 Å². The Kier molecular flexibility index (Phi) is 3.78. The summed E-state index contributed by atoms with van der Waals surface area (Å²) in [4.78, 5) is 16.6. The largest absolute Gasteiger partial charge is 0.319 e. The quantitative estimate of drug-likeness (QED) is 0.738. The maximum atomic E-state index is 12.2. The average Bonchev–Trinajstić information content (AvgIpc) is 2.50. The van der Waals surface area contributed by atoms with Crippen LogP contribution >= 0.6 is 23.2 Å². The molecule has 1 N–H and O–H groups in total. The van der Waals surface area contributed by atoms with Gasteiger partial charge in [-0.15, -0.1) is 0 Å². The summed E-state index contributed by atoms with van der Waals surface area (Å²) in [5.74, 6) is -0.329. The summed E-state index contributed by atoms with van der Waals surface area (Å²) in [6.07, 6.45) is 0. The van der Waals surface area contributed by atoms with Gasteiger partial charge in [0.1, 0.15) is 5.69 Å². The summed E-state index contributed by atoms with van der Waals surface area (Å²) >= 11 is 11.9. The van der Waals surface area contributed by atoms with Crippen LogP contribution in [0, 0.1) is 0 Å². The molecule has 1 heterocycles. The Morgan fingerprint density at radius 1 is 1.00 bits per heavy atom. The second-order valence-corrected chi connectivity index (χ2v) is 5.31. The highest BCUT2D eigenvalue weighted by atomic mass is 35.5. The van der Waals surface area contributed by atoms with Crippen LogP contribution in [-0.4, -0.2) is 10.9 Å². The lowest BCUT2D eigenvalue weighted by molar-refractivity contribution is 0.102. The van der Waals surface area contributed by atoms with Gasteiger partial charge in [0.2, 0.25) is 0 Å². The van der Waals surface area contributed by atoms with Crippen LogP contribution in [0.25, 0.3) is 10.9 Å². The Labute approximate surface area is 131 Å². The van der Waals surface area contributed by atoms with Gasteiger partial charge in [-0.05, 0) is 30.3 Å². The smallest absolute Gasteiger partial charge is 0.274 e. The Bertz CT molecular complexity index is 833. The molecule has 3 aromatic rings. The third-order valence-electron chi connectivity index (χ3n) is 3.01. The number of nitrogens with zero attached hydrogens (tertiary/aromatic N) is 1. The van der Waals surface area contributed by atoms with Crippen LogP contribution in [0.3, 0.4) is 0 Å². The molecular formula is C16H10Cl2N2O. The first kappa shape index (κ1) is 13.9. The topological polar surface area (TPSA) is 42.0 Å². The number of rotatable bonds is 2. The van der Waals surface area contributed by atoms with Gasteiger partial charge in [0, 0.05) is 10.4 Å². The molecule has 0 saturated heterocycles. The molecule has 0 bridgehead atoms. The van der Waals surface area contributed by atoms with Crippen LogP contribution in [0.15, 0.2) is 54.6 Å². The van der Waals surface area contributed by atoms with E-state index in [2.05, 4.69) is 10.3 Å². The van der Waals surface area contributed by atoms with E-state index in [1.807, 2.05) is 30.3 Å². The number of para-hydroxylation sites is 1. The SMILES string of the molecule is O=C(Nc1cc(Cl)ccc1Cl)c1ccc2ccccc2n1. The highest BCUT2D eigenvalue weighted by Gasteiger charge is 2.11. The zero-order valence-corrected chi connectivity index (χ0v) is 12.3. The molecule has 1 amide bonds. The molecule has 0 aliphatic carbocycles. The number of fused-ring (bicyclic) bond motifs is 1. The van der Waals surface area contributed by atoms with Crippen LogP contribution in [0.2, 0.25) is 10.0 Å². The number of amides is 1.